The lowest BCUT2D eigenvalue weighted by Gasteiger charge is -2.17. The molecule has 0 saturated heterocycles. The molecule has 2 amide bonds. The summed E-state index contributed by atoms with van der Waals surface area (Å²) in [5.74, 6) is -1.54. The first-order valence-electron chi connectivity index (χ1n) is 8.31. The summed E-state index contributed by atoms with van der Waals surface area (Å²) in [5.41, 5.74) is 1.17. The Hall–Kier alpha value is -2.67. The lowest BCUT2D eigenvalue weighted by molar-refractivity contribution is -0.142. The average Bonchev–Trinajstić information content (AvgIpc) is 3.10. The number of carbonyl (C=O) groups is 3. The van der Waals surface area contributed by atoms with Gasteiger partial charge in [0.15, 0.2) is 0 Å². The number of carboxylic acids is 1. The SMILES string of the molecule is CC(C)CC(NC(=O)Cc1ccccc1NC(=O)c1cccs1)C(=O)O. The summed E-state index contributed by atoms with van der Waals surface area (Å²) < 4.78 is 0. The van der Waals surface area contributed by atoms with Gasteiger partial charge >= 0.3 is 5.97 Å². The Morgan fingerprint density at radius 2 is 1.85 bits per heavy atom. The first-order chi connectivity index (χ1) is 12.4. The van der Waals surface area contributed by atoms with Crippen LogP contribution in [0.2, 0.25) is 0 Å². The van der Waals surface area contributed by atoms with E-state index in [1.807, 2.05) is 19.2 Å². The maximum absolute atomic E-state index is 12.3. The molecule has 2 aromatic rings. The Morgan fingerprint density at radius 1 is 1.12 bits per heavy atom. The lowest BCUT2D eigenvalue weighted by Crippen LogP contribution is -2.42. The van der Waals surface area contributed by atoms with Crippen LogP contribution in [0.5, 0.6) is 0 Å². The highest BCUT2D eigenvalue weighted by Gasteiger charge is 2.21. The molecule has 1 unspecified atom stereocenters. The van der Waals surface area contributed by atoms with Crippen molar-refractivity contribution in [1.29, 1.82) is 0 Å². The molecule has 0 saturated carbocycles. The van der Waals surface area contributed by atoms with Gasteiger partial charge in [0, 0.05) is 5.69 Å². The number of rotatable bonds is 8. The van der Waals surface area contributed by atoms with E-state index in [2.05, 4.69) is 10.6 Å². The predicted octanol–water partition coefficient (Wildman–Crippen LogP) is 3.16. The first kappa shape index (κ1) is 19.7. The van der Waals surface area contributed by atoms with Crippen LogP contribution in [0.15, 0.2) is 41.8 Å². The van der Waals surface area contributed by atoms with E-state index >= 15 is 0 Å². The second-order valence-electron chi connectivity index (χ2n) is 6.35. The lowest BCUT2D eigenvalue weighted by atomic mass is 10.0. The summed E-state index contributed by atoms with van der Waals surface area (Å²) in [4.78, 5) is 36.4. The molecule has 0 radical (unpaired) electrons. The molecule has 1 aromatic carbocycles. The zero-order valence-corrected chi connectivity index (χ0v) is 15.5. The van der Waals surface area contributed by atoms with Gasteiger partial charge in [0.1, 0.15) is 6.04 Å². The molecule has 0 aliphatic carbocycles. The number of hydrogen-bond acceptors (Lipinski definition) is 4. The van der Waals surface area contributed by atoms with Crippen molar-refractivity contribution < 1.29 is 19.5 Å². The van der Waals surface area contributed by atoms with Crippen LogP contribution in [0, 0.1) is 5.92 Å². The van der Waals surface area contributed by atoms with Crippen molar-refractivity contribution >= 4 is 34.8 Å². The Bertz CT molecular complexity index is 772. The fourth-order valence-corrected chi connectivity index (χ4v) is 3.12. The number of carbonyl (C=O) groups excluding carboxylic acids is 2. The number of thiophene rings is 1. The van der Waals surface area contributed by atoms with Gasteiger partial charge in [-0.05, 0) is 35.4 Å². The maximum atomic E-state index is 12.3. The molecule has 1 aromatic heterocycles. The predicted molar refractivity (Wildman–Crippen MR) is 101 cm³/mol. The number of para-hydroxylation sites is 1. The van der Waals surface area contributed by atoms with Gasteiger partial charge in [0.05, 0.1) is 11.3 Å². The van der Waals surface area contributed by atoms with Crippen LogP contribution < -0.4 is 10.6 Å². The minimum atomic E-state index is -1.05. The van der Waals surface area contributed by atoms with Gasteiger partial charge in [0.25, 0.3) is 5.91 Å². The molecule has 0 spiro atoms. The van der Waals surface area contributed by atoms with Crippen LogP contribution in [0.1, 0.15) is 35.5 Å². The molecule has 0 aliphatic heterocycles. The molecule has 7 heteroatoms. The summed E-state index contributed by atoms with van der Waals surface area (Å²) >= 11 is 1.33. The molecule has 1 heterocycles. The summed E-state index contributed by atoms with van der Waals surface area (Å²) in [6.07, 6.45) is 0.348. The number of nitrogens with one attached hydrogen (secondary N) is 2. The third kappa shape index (κ3) is 5.70. The van der Waals surface area contributed by atoms with Crippen molar-refractivity contribution in [2.45, 2.75) is 32.7 Å². The number of anilines is 1. The average molecular weight is 374 g/mol. The summed E-state index contributed by atoms with van der Waals surface area (Å²) in [6.45, 7) is 3.80. The van der Waals surface area contributed by atoms with Gasteiger partial charge in [-0.3, -0.25) is 9.59 Å². The van der Waals surface area contributed by atoms with E-state index < -0.39 is 17.9 Å². The van der Waals surface area contributed by atoms with Crippen molar-refractivity contribution in [2.75, 3.05) is 5.32 Å². The van der Waals surface area contributed by atoms with Crippen molar-refractivity contribution in [2.24, 2.45) is 5.92 Å². The van der Waals surface area contributed by atoms with E-state index in [1.165, 1.54) is 11.3 Å². The van der Waals surface area contributed by atoms with Gasteiger partial charge in [-0.2, -0.15) is 0 Å². The third-order valence-corrected chi connectivity index (χ3v) is 4.57. The van der Waals surface area contributed by atoms with Crippen LogP contribution in [0.4, 0.5) is 5.69 Å². The zero-order valence-electron chi connectivity index (χ0n) is 14.7. The quantitative estimate of drug-likeness (QED) is 0.661. The first-order valence-corrected chi connectivity index (χ1v) is 9.19. The molecular formula is C19H22N2O4S. The molecular weight excluding hydrogens is 352 g/mol. The smallest absolute Gasteiger partial charge is 0.326 e. The standard InChI is InChI=1S/C19H22N2O4S/c1-12(2)10-15(19(24)25)20-17(22)11-13-6-3-4-7-14(13)21-18(23)16-8-5-9-26-16/h3-9,12,15H,10-11H2,1-2H3,(H,20,22)(H,21,23)(H,24,25). The van der Waals surface area contributed by atoms with E-state index in [0.717, 1.165) is 0 Å². The monoisotopic (exact) mass is 374 g/mol. The van der Waals surface area contributed by atoms with E-state index in [-0.39, 0.29) is 18.2 Å². The number of carboxylic acid groups (broad SMARTS) is 1. The highest BCUT2D eigenvalue weighted by molar-refractivity contribution is 7.12. The molecule has 1 atom stereocenters. The van der Waals surface area contributed by atoms with Gasteiger partial charge in [0.2, 0.25) is 5.91 Å². The van der Waals surface area contributed by atoms with E-state index in [4.69, 9.17) is 0 Å². The van der Waals surface area contributed by atoms with E-state index in [9.17, 15) is 19.5 Å². The number of benzene rings is 1. The molecule has 6 nitrogen and oxygen atoms in total. The molecule has 0 fully saturated rings. The third-order valence-electron chi connectivity index (χ3n) is 3.70. The summed E-state index contributed by atoms with van der Waals surface area (Å²) in [6, 6.07) is 9.59. The summed E-state index contributed by atoms with van der Waals surface area (Å²) in [7, 11) is 0. The zero-order chi connectivity index (χ0) is 19.1. The summed E-state index contributed by atoms with van der Waals surface area (Å²) in [5, 5.41) is 16.4. The highest BCUT2D eigenvalue weighted by Crippen LogP contribution is 2.18. The Balaban J connectivity index is 2.06. The topological polar surface area (TPSA) is 95.5 Å². The molecule has 0 aliphatic rings. The second kappa shape index (κ2) is 9.15. The fourth-order valence-electron chi connectivity index (χ4n) is 2.50. The second-order valence-corrected chi connectivity index (χ2v) is 7.30. The fraction of sp³-hybridized carbons (Fsp3) is 0.316. The Kier molecular flexibility index (Phi) is 6.91. The van der Waals surface area contributed by atoms with Crippen LogP contribution >= 0.6 is 11.3 Å². The van der Waals surface area contributed by atoms with Gasteiger partial charge in [-0.25, -0.2) is 4.79 Å². The Labute approximate surface area is 156 Å². The van der Waals surface area contributed by atoms with Crippen LogP contribution in [-0.4, -0.2) is 28.9 Å². The minimum Gasteiger partial charge on any atom is -0.480 e. The molecule has 0 bridgehead atoms. The van der Waals surface area contributed by atoms with E-state index in [1.54, 1.807) is 36.4 Å². The number of hydrogen-bond donors (Lipinski definition) is 3. The number of amides is 2. The Morgan fingerprint density at radius 3 is 2.46 bits per heavy atom. The molecule has 3 N–H and O–H groups in total. The molecule has 26 heavy (non-hydrogen) atoms. The molecule has 2 rings (SSSR count). The maximum Gasteiger partial charge on any atom is 0.326 e. The molecule has 138 valence electrons. The van der Waals surface area contributed by atoms with Gasteiger partial charge in [-0.15, -0.1) is 11.3 Å². The van der Waals surface area contributed by atoms with E-state index in [0.29, 0.717) is 22.5 Å². The van der Waals surface area contributed by atoms with Gasteiger partial charge < -0.3 is 15.7 Å². The van der Waals surface area contributed by atoms with Crippen LogP contribution in [0.3, 0.4) is 0 Å². The largest absolute Gasteiger partial charge is 0.480 e. The van der Waals surface area contributed by atoms with Crippen molar-refractivity contribution in [1.82, 2.24) is 5.32 Å². The highest BCUT2D eigenvalue weighted by atomic mass is 32.1. The normalized spacial score (nSPS) is 11.8. The van der Waals surface area contributed by atoms with Crippen molar-refractivity contribution in [3.63, 3.8) is 0 Å². The van der Waals surface area contributed by atoms with Crippen molar-refractivity contribution in [3.05, 3.63) is 52.2 Å². The minimum absolute atomic E-state index is 0.0111. The van der Waals surface area contributed by atoms with Crippen molar-refractivity contribution in [3.8, 4) is 0 Å². The van der Waals surface area contributed by atoms with Crippen LogP contribution in [0.25, 0.3) is 0 Å². The number of aliphatic carboxylic acids is 1. The van der Waals surface area contributed by atoms with Gasteiger partial charge in [-0.1, -0.05) is 38.1 Å². The van der Waals surface area contributed by atoms with Crippen LogP contribution in [-0.2, 0) is 16.0 Å².